The molecule has 11 heteroatoms. The van der Waals surface area contributed by atoms with E-state index in [1.165, 1.54) is 17.2 Å². The molecule has 4 heterocycles. The highest BCUT2D eigenvalue weighted by atomic mass is 19.1. The quantitative estimate of drug-likeness (QED) is 0.432. The van der Waals surface area contributed by atoms with E-state index in [2.05, 4.69) is 5.16 Å². The minimum atomic E-state index is -0.572. The summed E-state index contributed by atoms with van der Waals surface area (Å²) in [5, 5.41) is 3.65. The van der Waals surface area contributed by atoms with Crippen LogP contribution in [0.4, 0.5) is 14.9 Å². The number of nitrogens with zero attached hydrogens (tertiary/aromatic N) is 3. The molecule has 0 saturated carbocycles. The number of ether oxygens (including phenoxy) is 4. The highest BCUT2D eigenvalue weighted by Gasteiger charge is 2.34. The number of hydrogen-bond donors (Lipinski definition) is 0. The smallest absolute Gasteiger partial charge is 0.414 e. The summed E-state index contributed by atoms with van der Waals surface area (Å²) in [7, 11) is 0. The van der Waals surface area contributed by atoms with Crippen LogP contribution in [0.1, 0.15) is 23.8 Å². The van der Waals surface area contributed by atoms with Crippen LogP contribution >= 0.6 is 0 Å². The molecule has 2 fully saturated rings. The van der Waals surface area contributed by atoms with Crippen molar-refractivity contribution in [2.45, 2.75) is 18.8 Å². The molecule has 208 valence electrons. The lowest BCUT2D eigenvalue weighted by Gasteiger charge is -2.34. The Labute approximate surface area is 229 Å². The maximum absolute atomic E-state index is 15.2. The number of halogens is 1. The fraction of sp³-hybridized carbons (Fsp3) is 0.345. The molecule has 1 aromatic heterocycles. The molecule has 3 aliphatic rings. The Morgan fingerprint density at radius 1 is 1.10 bits per heavy atom. The van der Waals surface area contributed by atoms with Gasteiger partial charge in [-0.2, -0.15) is 0 Å². The Kier molecular flexibility index (Phi) is 7.47. The topological polar surface area (TPSA) is 104 Å². The Bertz CT molecular complexity index is 1370. The Hall–Kier alpha value is -4.22. The van der Waals surface area contributed by atoms with E-state index in [0.29, 0.717) is 36.6 Å². The van der Waals surface area contributed by atoms with E-state index in [1.807, 2.05) is 36.4 Å². The Morgan fingerprint density at radius 2 is 1.93 bits per heavy atom. The summed E-state index contributed by atoms with van der Waals surface area (Å²) >= 11 is 0. The maximum Gasteiger partial charge on any atom is 0.414 e. The van der Waals surface area contributed by atoms with E-state index in [4.69, 9.17) is 23.5 Å². The first kappa shape index (κ1) is 26.0. The van der Waals surface area contributed by atoms with Crippen LogP contribution in [-0.4, -0.2) is 67.6 Å². The van der Waals surface area contributed by atoms with Gasteiger partial charge in [-0.05, 0) is 35.3 Å². The van der Waals surface area contributed by atoms with Crippen LogP contribution in [0.5, 0.6) is 5.88 Å². The molecule has 40 heavy (non-hydrogen) atoms. The van der Waals surface area contributed by atoms with E-state index in [9.17, 15) is 9.59 Å². The van der Waals surface area contributed by atoms with Crippen LogP contribution < -0.4 is 9.64 Å². The molecule has 0 spiro atoms. The second-order valence-corrected chi connectivity index (χ2v) is 9.80. The van der Waals surface area contributed by atoms with Crippen LogP contribution in [0.15, 0.2) is 71.5 Å². The second-order valence-electron chi connectivity index (χ2n) is 9.80. The Balaban J connectivity index is 1.03. The summed E-state index contributed by atoms with van der Waals surface area (Å²) in [6.45, 7) is 1.73. The van der Waals surface area contributed by atoms with Gasteiger partial charge in [-0.1, -0.05) is 36.4 Å². The third-order valence-corrected chi connectivity index (χ3v) is 7.15. The number of cyclic esters (lactones) is 1. The van der Waals surface area contributed by atoms with E-state index in [0.717, 1.165) is 11.1 Å². The van der Waals surface area contributed by atoms with Crippen molar-refractivity contribution in [1.82, 2.24) is 10.1 Å². The summed E-state index contributed by atoms with van der Waals surface area (Å²) < 4.78 is 42.3. The third-order valence-electron chi connectivity index (χ3n) is 7.15. The lowest BCUT2D eigenvalue weighted by molar-refractivity contribution is -0.208. The van der Waals surface area contributed by atoms with Crippen LogP contribution in [-0.2, 0) is 19.0 Å². The number of carbonyl (C=O) groups excluding carboxylic acids is 2. The number of rotatable bonds is 7. The van der Waals surface area contributed by atoms with E-state index >= 15 is 4.39 Å². The molecule has 0 N–H and O–H groups in total. The normalized spacial score (nSPS) is 23.1. The zero-order valence-corrected chi connectivity index (χ0v) is 21.6. The molecule has 3 aliphatic heterocycles. The van der Waals surface area contributed by atoms with Gasteiger partial charge in [-0.3, -0.25) is 9.69 Å². The third kappa shape index (κ3) is 5.56. The van der Waals surface area contributed by atoms with Gasteiger partial charge in [0.15, 0.2) is 12.4 Å². The van der Waals surface area contributed by atoms with Crippen molar-refractivity contribution in [2.75, 3.05) is 44.4 Å². The van der Waals surface area contributed by atoms with E-state index < -0.39 is 24.3 Å². The van der Waals surface area contributed by atoms with Crippen molar-refractivity contribution in [2.24, 2.45) is 5.92 Å². The van der Waals surface area contributed by atoms with Crippen LogP contribution in [0.3, 0.4) is 0 Å². The molecular weight excluding hydrogens is 521 g/mol. The lowest BCUT2D eigenvalue weighted by Crippen LogP contribution is -2.44. The fourth-order valence-corrected chi connectivity index (χ4v) is 5.03. The zero-order valence-electron chi connectivity index (χ0n) is 21.6. The first-order valence-corrected chi connectivity index (χ1v) is 13.1. The molecule has 0 unspecified atom stereocenters. The van der Waals surface area contributed by atoms with Gasteiger partial charge in [0.05, 0.1) is 31.4 Å². The van der Waals surface area contributed by atoms with Crippen molar-refractivity contribution in [3.63, 3.8) is 0 Å². The summed E-state index contributed by atoms with van der Waals surface area (Å²) in [6.07, 6.45) is 2.20. The summed E-state index contributed by atoms with van der Waals surface area (Å²) in [6, 6.07) is 15.9. The average Bonchev–Trinajstić information content (AvgIpc) is 3.66. The molecular formula is C29H28FN3O7. The monoisotopic (exact) mass is 549 g/mol. The van der Waals surface area contributed by atoms with Crippen molar-refractivity contribution in [3.8, 4) is 5.88 Å². The second kappa shape index (κ2) is 11.5. The number of anilines is 1. The molecule has 10 nitrogen and oxygen atoms in total. The highest BCUT2D eigenvalue weighted by molar-refractivity contribution is 5.90. The Morgan fingerprint density at radius 3 is 2.62 bits per heavy atom. The molecule has 0 bridgehead atoms. The molecule has 2 amide bonds. The van der Waals surface area contributed by atoms with Crippen molar-refractivity contribution in [1.29, 1.82) is 0 Å². The van der Waals surface area contributed by atoms with Gasteiger partial charge in [0, 0.05) is 30.3 Å². The summed E-state index contributed by atoms with van der Waals surface area (Å²) in [5.74, 6) is -0.564. The number of hydrogen-bond acceptors (Lipinski definition) is 8. The minimum absolute atomic E-state index is 0.0349. The summed E-state index contributed by atoms with van der Waals surface area (Å²) in [5.41, 5.74) is 2.58. The SMILES string of the molecule is O=C(C1COC(c2ccccc2)OC1)N1CC=C(c2ccc(N3C[C@H](COc4ccon4)OC3=O)cc2F)CC1. The fourth-order valence-electron chi connectivity index (χ4n) is 5.03. The van der Waals surface area contributed by atoms with Gasteiger partial charge < -0.3 is 28.4 Å². The van der Waals surface area contributed by atoms with Crippen LogP contribution in [0.25, 0.3) is 5.57 Å². The van der Waals surface area contributed by atoms with E-state index in [-0.39, 0.29) is 38.2 Å². The molecule has 2 saturated heterocycles. The molecule has 3 aromatic rings. The summed E-state index contributed by atoms with van der Waals surface area (Å²) in [4.78, 5) is 28.6. The van der Waals surface area contributed by atoms with Crippen LogP contribution in [0.2, 0.25) is 0 Å². The van der Waals surface area contributed by atoms with Crippen molar-refractivity contribution < 1.29 is 37.5 Å². The average molecular weight is 550 g/mol. The highest BCUT2D eigenvalue weighted by Crippen LogP contribution is 2.31. The first-order chi connectivity index (χ1) is 19.5. The molecule has 0 radical (unpaired) electrons. The lowest BCUT2D eigenvalue weighted by atomic mass is 9.97. The number of benzene rings is 2. The van der Waals surface area contributed by atoms with Crippen molar-refractivity contribution in [3.05, 3.63) is 83.9 Å². The standard InChI is InChI=1S/C29H28FN3O7/c30-25-14-22(33-15-23(40-29(33)35)18-36-26-10-13-39-31-26)6-7-24(25)19-8-11-32(12-9-19)27(34)21-16-37-28(38-17-21)20-4-2-1-3-5-20/h1-8,10,13-14,21,23,28H,9,11-12,15-18H2/t21?,23-,28?/m1/s1. The van der Waals surface area contributed by atoms with Gasteiger partial charge in [0.2, 0.25) is 5.91 Å². The van der Waals surface area contributed by atoms with Crippen molar-refractivity contribution >= 4 is 23.3 Å². The van der Waals surface area contributed by atoms with E-state index in [1.54, 1.807) is 23.1 Å². The van der Waals surface area contributed by atoms with Gasteiger partial charge in [-0.15, -0.1) is 0 Å². The maximum atomic E-state index is 15.2. The molecule has 6 rings (SSSR count). The molecule has 2 aromatic carbocycles. The zero-order chi connectivity index (χ0) is 27.5. The minimum Gasteiger partial charge on any atom is -0.471 e. The predicted molar refractivity (Wildman–Crippen MR) is 140 cm³/mol. The predicted octanol–water partition coefficient (Wildman–Crippen LogP) is 4.20. The van der Waals surface area contributed by atoms with Crippen LogP contribution in [0, 0.1) is 11.7 Å². The van der Waals surface area contributed by atoms with Gasteiger partial charge in [0.25, 0.3) is 5.88 Å². The number of carbonyl (C=O) groups is 2. The molecule has 0 aliphatic carbocycles. The van der Waals surface area contributed by atoms with Gasteiger partial charge in [-0.25, -0.2) is 9.18 Å². The number of amides is 2. The van der Waals surface area contributed by atoms with Gasteiger partial charge >= 0.3 is 6.09 Å². The first-order valence-electron chi connectivity index (χ1n) is 13.1. The van der Waals surface area contributed by atoms with Gasteiger partial charge in [0.1, 0.15) is 18.7 Å². The molecule has 1 atom stereocenters. The largest absolute Gasteiger partial charge is 0.471 e. The number of aromatic nitrogens is 1.